The Morgan fingerprint density at radius 1 is 1.00 bits per heavy atom. The van der Waals surface area contributed by atoms with E-state index in [1.54, 1.807) is 18.2 Å². The van der Waals surface area contributed by atoms with Crippen molar-refractivity contribution in [2.45, 2.75) is 46.7 Å². The summed E-state index contributed by atoms with van der Waals surface area (Å²) in [6.45, 7) is 7.86. The Bertz CT molecular complexity index is 1430. The van der Waals surface area contributed by atoms with Crippen LogP contribution in [0.15, 0.2) is 65.7 Å². The van der Waals surface area contributed by atoms with E-state index in [0.717, 1.165) is 10.2 Å². The molecule has 0 aliphatic rings. The molecule has 0 aliphatic carbocycles. The Hall–Kier alpha value is -4.20. The van der Waals surface area contributed by atoms with E-state index < -0.39 is 5.56 Å². The van der Waals surface area contributed by atoms with Crippen LogP contribution in [-0.4, -0.2) is 26.0 Å². The molecule has 0 spiro atoms. The number of nitrogens with one attached hydrogen (secondary N) is 2. The standard InChI is InChI=1S/C27H29N5O3/c1-17(2)21-10-12-22(13-11-21)30-23(33)15-32-27(35)25-18(3)24(19(4)31(25)16-29-32)26(34)28-14-20-8-6-5-7-9-20/h5-13,16-17H,14-15H2,1-4H3,(H,28,34)(H,30,33). The minimum Gasteiger partial charge on any atom is -0.348 e. The highest BCUT2D eigenvalue weighted by atomic mass is 16.2. The lowest BCUT2D eigenvalue weighted by atomic mass is 10.0. The van der Waals surface area contributed by atoms with Gasteiger partial charge >= 0.3 is 0 Å². The largest absolute Gasteiger partial charge is 0.348 e. The van der Waals surface area contributed by atoms with Crippen molar-refractivity contribution in [2.75, 3.05) is 5.32 Å². The van der Waals surface area contributed by atoms with Crippen molar-refractivity contribution in [1.82, 2.24) is 19.5 Å². The Balaban J connectivity index is 1.54. The molecule has 0 saturated heterocycles. The number of anilines is 1. The molecule has 180 valence electrons. The average molecular weight is 472 g/mol. The predicted octanol–water partition coefficient (Wildman–Crippen LogP) is 3.80. The van der Waals surface area contributed by atoms with Crippen LogP contribution in [0.1, 0.15) is 52.5 Å². The Kier molecular flexibility index (Phi) is 6.82. The monoisotopic (exact) mass is 471 g/mol. The third-order valence-corrected chi connectivity index (χ3v) is 6.12. The van der Waals surface area contributed by atoms with Gasteiger partial charge in [0.1, 0.15) is 18.4 Å². The fraction of sp³-hybridized carbons (Fsp3) is 0.259. The van der Waals surface area contributed by atoms with E-state index in [1.807, 2.05) is 54.6 Å². The molecule has 4 aromatic rings. The van der Waals surface area contributed by atoms with Crippen LogP contribution in [0.3, 0.4) is 0 Å². The Labute approximate surface area is 203 Å². The maximum Gasteiger partial charge on any atom is 0.291 e. The lowest BCUT2D eigenvalue weighted by molar-refractivity contribution is -0.117. The predicted molar refractivity (Wildman–Crippen MR) is 136 cm³/mol. The van der Waals surface area contributed by atoms with Crippen molar-refractivity contribution in [3.8, 4) is 0 Å². The molecule has 2 N–H and O–H groups in total. The van der Waals surface area contributed by atoms with Gasteiger partial charge in [0.25, 0.3) is 11.5 Å². The molecule has 0 bridgehead atoms. The van der Waals surface area contributed by atoms with Crippen LogP contribution in [-0.2, 0) is 17.9 Å². The number of aryl methyl sites for hydroxylation is 2. The first kappa shape index (κ1) is 23.9. The normalized spacial score (nSPS) is 11.1. The molecule has 2 heterocycles. The van der Waals surface area contributed by atoms with Gasteiger partial charge in [0.15, 0.2) is 0 Å². The van der Waals surface area contributed by atoms with E-state index >= 15 is 0 Å². The summed E-state index contributed by atoms with van der Waals surface area (Å²) in [6.07, 6.45) is 1.47. The summed E-state index contributed by atoms with van der Waals surface area (Å²) in [4.78, 5) is 38.7. The molecular formula is C27H29N5O3. The number of carbonyl (C=O) groups is 2. The number of carbonyl (C=O) groups excluding carboxylic acids is 2. The maximum absolute atomic E-state index is 13.2. The second-order valence-electron chi connectivity index (χ2n) is 8.89. The highest BCUT2D eigenvalue weighted by Crippen LogP contribution is 2.20. The van der Waals surface area contributed by atoms with Gasteiger partial charge in [0.2, 0.25) is 5.91 Å². The van der Waals surface area contributed by atoms with Crippen molar-refractivity contribution in [3.63, 3.8) is 0 Å². The number of nitrogens with zero attached hydrogens (tertiary/aromatic N) is 3. The molecule has 8 heteroatoms. The van der Waals surface area contributed by atoms with E-state index in [-0.39, 0.29) is 18.4 Å². The Morgan fingerprint density at radius 2 is 1.69 bits per heavy atom. The third-order valence-electron chi connectivity index (χ3n) is 6.12. The summed E-state index contributed by atoms with van der Waals surface area (Å²) in [6, 6.07) is 17.2. The second kappa shape index (κ2) is 9.97. The topological polar surface area (TPSA) is 97.5 Å². The number of fused-ring (bicyclic) bond motifs is 1. The summed E-state index contributed by atoms with van der Waals surface area (Å²) in [5.74, 6) is -0.225. The highest BCUT2D eigenvalue weighted by molar-refractivity contribution is 5.99. The van der Waals surface area contributed by atoms with Crippen LogP contribution in [0.25, 0.3) is 5.52 Å². The number of benzene rings is 2. The van der Waals surface area contributed by atoms with Gasteiger partial charge < -0.3 is 10.6 Å². The SMILES string of the molecule is Cc1c(C(=O)NCc2ccccc2)c(C)n2cnn(CC(=O)Nc3ccc(C(C)C)cc3)c(=O)c12. The van der Waals surface area contributed by atoms with Crippen molar-refractivity contribution >= 4 is 23.0 Å². The molecule has 4 rings (SSSR count). The second-order valence-corrected chi connectivity index (χ2v) is 8.89. The van der Waals surface area contributed by atoms with Gasteiger partial charge in [-0.3, -0.25) is 18.8 Å². The molecular weight excluding hydrogens is 442 g/mol. The smallest absolute Gasteiger partial charge is 0.291 e. The van der Waals surface area contributed by atoms with Crippen LogP contribution in [0.5, 0.6) is 0 Å². The van der Waals surface area contributed by atoms with Gasteiger partial charge in [-0.1, -0.05) is 56.3 Å². The molecule has 0 saturated carbocycles. The summed E-state index contributed by atoms with van der Waals surface area (Å²) >= 11 is 0. The first-order valence-corrected chi connectivity index (χ1v) is 11.6. The van der Waals surface area contributed by atoms with Crippen molar-refractivity contribution in [2.24, 2.45) is 0 Å². The van der Waals surface area contributed by atoms with Crippen molar-refractivity contribution in [1.29, 1.82) is 0 Å². The highest BCUT2D eigenvalue weighted by Gasteiger charge is 2.22. The quantitative estimate of drug-likeness (QED) is 0.428. The van der Waals surface area contributed by atoms with Crippen LogP contribution >= 0.6 is 0 Å². The minimum absolute atomic E-state index is 0.236. The summed E-state index contributed by atoms with van der Waals surface area (Å²) < 4.78 is 2.72. The van der Waals surface area contributed by atoms with Gasteiger partial charge in [0, 0.05) is 17.9 Å². The van der Waals surface area contributed by atoms with E-state index in [4.69, 9.17) is 0 Å². The molecule has 0 atom stereocenters. The summed E-state index contributed by atoms with van der Waals surface area (Å²) in [5, 5.41) is 9.89. The molecule has 0 aliphatic heterocycles. The number of rotatable bonds is 7. The lowest BCUT2D eigenvalue weighted by Gasteiger charge is -2.09. The van der Waals surface area contributed by atoms with Crippen LogP contribution in [0.4, 0.5) is 5.69 Å². The third kappa shape index (κ3) is 5.01. The number of hydrogen-bond acceptors (Lipinski definition) is 4. The number of aromatic nitrogens is 3. The Morgan fingerprint density at radius 3 is 2.34 bits per heavy atom. The number of hydrogen-bond donors (Lipinski definition) is 2. The fourth-order valence-corrected chi connectivity index (χ4v) is 4.16. The van der Waals surface area contributed by atoms with Gasteiger partial charge in [-0.25, -0.2) is 4.68 Å². The zero-order valence-corrected chi connectivity index (χ0v) is 20.3. The van der Waals surface area contributed by atoms with Crippen LogP contribution < -0.4 is 16.2 Å². The zero-order chi connectivity index (χ0) is 25.1. The van der Waals surface area contributed by atoms with Crippen LogP contribution in [0, 0.1) is 13.8 Å². The van der Waals surface area contributed by atoms with Crippen molar-refractivity contribution in [3.05, 3.63) is 99.2 Å². The molecule has 2 aromatic carbocycles. The molecule has 0 radical (unpaired) electrons. The molecule has 2 aromatic heterocycles. The van der Waals surface area contributed by atoms with Crippen LogP contribution in [0.2, 0.25) is 0 Å². The first-order chi connectivity index (χ1) is 16.8. The van der Waals surface area contributed by atoms with Gasteiger partial charge in [-0.15, -0.1) is 0 Å². The summed E-state index contributed by atoms with van der Waals surface area (Å²) in [5.41, 5.74) is 4.32. The minimum atomic E-state index is -0.430. The molecule has 8 nitrogen and oxygen atoms in total. The zero-order valence-electron chi connectivity index (χ0n) is 20.3. The summed E-state index contributed by atoms with van der Waals surface area (Å²) in [7, 11) is 0. The molecule has 35 heavy (non-hydrogen) atoms. The molecule has 0 fully saturated rings. The average Bonchev–Trinajstić information content (AvgIpc) is 3.10. The van der Waals surface area contributed by atoms with Gasteiger partial charge in [0.05, 0.1) is 5.56 Å². The van der Waals surface area contributed by atoms with E-state index in [2.05, 4.69) is 29.6 Å². The lowest BCUT2D eigenvalue weighted by Crippen LogP contribution is -2.30. The molecule has 2 amide bonds. The van der Waals surface area contributed by atoms with E-state index in [9.17, 15) is 14.4 Å². The van der Waals surface area contributed by atoms with Gasteiger partial charge in [-0.2, -0.15) is 5.10 Å². The van der Waals surface area contributed by atoms with E-state index in [0.29, 0.717) is 40.5 Å². The maximum atomic E-state index is 13.2. The van der Waals surface area contributed by atoms with Gasteiger partial charge in [-0.05, 0) is 48.6 Å². The van der Waals surface area contributed by atoms with E-state index in [1.165, 1.54) is 11.9 Å². The van der Waals surface area contributed by atoms with Crippen molar-refractivity contribution < 1.29 is 9.59 Å². The molecule has 0 unspecified atom stereocenters. The fourth-order valence-electron chi connectivity index (χ4n) is 4.16. The number of amides is 2. The first-order valence-electron chi connectivity index (χ1n) is 11.6.